The van der Waals surface area contributed by atoms with Gasteiger partial charge in [0.15, 0.2) is 0 Å². The highest BCUT2D eigenvalue weighted by Gasteiger charge is 2.60. The van der Waals surface area contributed by atoms with Crippen molar-refractivity contribution in [2.45, 2.75) is 57.7 Å². The van der Waals surface area contributed by atoms with Crippen LogP contribution in [-0.2, 0) is 14.9 Å². The van der Waals surface area contributed by atoms with Crippen LogP contribution in [0, 0.1) is 0 Å². The maximum absolute atomic E-state index is 12.9. The van der Waals surface area contributed by atoms with Crippen LogP contribution in [0.1, 0.15) is 57.7 Å². The number of benzene rings is 2. The van der Waals surface area contributed by atoms with Gasteiger partial charge in [-0.3, -0.25) is 0 Å². The van der Waals surface area contributed by atoms with E-state index >= 15 is 0 Å². The number of carbonyl (C=O) groups is 1. The Kier molecular flexibility index (Phi) is 4.17. The summed E-state index contributed by atoms with van der Waals surface area (Å²) in [5.41, 5.74) is 2.54. The third-order valence-electron chi connectivity index (χ3n) is 5.62. The van der Waals surface area contributed by atoms with Gasteiger partial charge in [-0.2, -0.15) is 0 Å². The second-order valence-corrected chi connectivity index (χ2v) is 8.37. The Labute approximate surface area is 161 Å². The lowest BCUT2D eigenvalue weighted by molar-refractivity contribution is -0.159. The van der Waals surface area contributed by atoms with E-state index in [2.05, 4.69) is 49.9 Å². The number of ether oxygens (including phenoxy) is 2. The molecule has 27 heavy (non-hydrogen) atoms. The summed E-state index contributed by atoms with van der Waals surface area (Å²) in [6.45, 7) is 8.83. The Bertz CT molecular complexity index is 853. The van der Waals surface area contributed by atoms with Gasteiger partial charge in [0, 0.05) is 6.42 Å². The van der Waals surface area contributed by atoms with Crippen LogP contribution in [0.2, 0.25) is 0 Å². The first-order valence-electron chi connectivity index (χ1n) is 9.72. The van der Waals surface area contributed by atoms with Crippen molar-refractivity contribution >= 4 is 11.7 Å². The van der Waals surface area contributed by atoms with Crippen LogP contribution in [0.5, 0.6) is 5.75 Å². The van der Waals surface area contributed by atoms with Gasteiger partial charge in [0.2, 0.25) is 0 Å². The first-order valence-corrected chi connectivity index (χ1v) is 9.72. The van der Waals surface area contributed by atoms with Gasteiger partial charge >= 0.3 is 5.97 Å². The van der Waals surface area contributed by atoms with E-state index in [-0.39, 0.29) is 17.4 Å². The first kappa shape index (κ1) is 17.9. The van der Waals surface area contributed by atoms with E-state index < -0.39 is 5.72 Å². The number of fused-ring (bicyclic) bond motifs is 3. The molecule has 2 aliphatic heterocycles. The summed E-state index contributed by atoms with van der Waals surface area (Å²) < 4.78 is 11.6. The molecule has 0 bridgehead atoms. The topological polar surface area (TPSA) is 38.8 Å². The normalized spacial score (nSPS) is 23.6. The fraction of sp³-hybridized carbons (Fsp3) is 0.435. The predicted molar refractivity (Wildman–Crippen MR) is 106 cm³/mol. The Morgan fingerprint density at radius 2 is 1.89 bits per heavy atom. The van der Waals surface area contributed by atoms with Crippen molar-refractivity contribution in [1.29, 1.82) is 0 Å². The van der Waals surface area contributed by atoms with E-state index in [0.29, 0.717) is 13.0 Å². The van der Waals surface area contributed by atoms with Crippen molar-refractivity contribution in [3.8, 4) is 5.75 Å². The Hall–Kier alpha value is -2.49. The van der Waals surface area contributed by atoms with Crippen molar-refractivity contribution in [3.05, 3.63) is 59.7 Å². The molecule has 4 heteroatoms. The summed E-state index contributed by atoms with van der Waals surface area (Å²) in [4.78, 5) is 15.0. The molecule has 0 saturated carbocycles. The highest BCUT2D eigenvalue weighted by molar-refractivity contribution is 5.89. The molecule has 0 unspecified atom stereocenters. The number of para-hydroxylation sites is 2. The zero-order chi connectivity index (χ0) is 19.2. The van der Waals surface area contributed by atoms with E-state index in [4.69, 9.17) is 9.47 Å². The number of rotatable bonds is 3. The zero-order valence-electron chi connectivity index (χ0n) is 16.5. The van der Waals surface area contributed by atoms with Gasteiger partial charge < -0.3 is 14.4 Å². The van der Waals surface area contributed by atoms with Crippen molar-refractivity contribution in [1.82, 2.24) is 0 Å². The summed E-state index contributed by atoms with van der Waals surface area (Å²) in [7, 11) is 0. The Morgan fingerprint density at radius 3 is 2.56 bits per heavy atom. The highest BCUT2D eigenvalue weighted by atomic mass is 16.6. The maximum atomic E-state index is 12.9. The largest absolute Gasteiger partial charge is 0.462 e. The number of hydrogen-bond acceptors (Lipinski definition) is 4. The summed E-state index contributed by atoms with van der Waals surface area (Å²) in [6.07, 6.45) is 1.47. The monoisotopic (exact) mass is 365 g/mol. The molecule has 2 heterocycles. The lowest BCUT2D eigenvalue weighted by Gasteiger charge is -2.33. The predicted octanol–water partition coefficient (Wildman–Crippen LogP) is 4.98. The van der Waals surface area contributed by atoms with Gasteiger partial charge in [-0.05, 0) is 42.0 Å². The number of anilines is 1. The lowest BCUT2D eigenvalue weighted by atomic mass is 9.86. The molecule has 2 atom stereocenters. The van der Waals surface area contributed by atoms with E-state index in [1.807, 2.05) is 31.2 Å². The van der Waals surface area contributed by atoms with E-state index in [1.54, 1.807) is 0 Å². The molecule has 0 radical (unpaired) electrons. The smallest absolute Gasteiger partial charge is 0.372 e. The minimum Gasteiger partial charge on any atom is -0.462 e. The van der Waals surface area contributed by atoms with Crippen molar-refractivity contribution in [3.63, 3.8) is 0 Å². The molecule has 1 fully saturated rings. The molecular weight excluding hydrogens is 338 g/mol. The van der Waals surface area contributed by atoms with E-state index in [0.717, 1.165) is 17.9 Å². The van der Waals surface area contributed by atoms with Gasteiger partial charge in [0.05, 0.1) is 18.3 Å². The number of hydrogen-bond donors (Lipinski definition) is 0. The van der Waals surface area contributed by atoms with Crippen LogP contribution in [0.4, 0.5) is 5.69 Å². The molecule has 4 nitrogen and oxygen atoms in total. The van der Waals surface area contributed by atoms with Gasteiger partial charge in [0.1, 0.15) is 5.75 Å². The first-order chi connectivity index (χ1) is 12.9. The van der Waals surface area contributed by atoms with Crippen molar-refractivity contribution < 1.29 is 14.3 Å². The average molecular weight is 365 g/mol. The molecule has 142 valence electrons. The van der Waals surface area contributed by atoms with E-state index in [1.165, 1.54) is 11.1 Å². The van der Waals surface area contributed by atoms with Crippen LogP contribution in [-0.4, -0.2) is 18.3 Å². The average Bonchev–Trinajstić information content (AvgIpc) is 3.17. The van der Waals surface area contributed by atoms with Crippen LogP contribution in [0.3, 0.4) is 0 Å². The standard InChI is InChI=1S/C23H27NO3/c1-5-26-21(25)23-15-14-18(16-10-12-17(13-11-16)22(2,3)4)24(23)19-8-6-7-9-20(19)27-23/h6-13,18H,5,14-15H2,1-4H3/t18-,23-/m1/s1. The van der Waals surface area contributed by atoms with Gasteiger partial charge in [0.25, 0.3) is 5.72 Å². The van der Waals surface area contributed by atoms with Crippen molar-refractivity contribution in [2.24, 2.45) is 0 Å². The number of carbonyl (C=O) groups excluding carboxylic acids is 1. The molecule has 2 aromatic rings. The minimum absolute atomic E-state index is 0.0899. The maximum Gasteiger partial charge on any atom is 0.372 e. The molecule has 2 aliphatic rings. The summed E-state index contributed by atoms with van der Waals surface area (Å²) in [5, 5.41) is 0. The van der Waals surface area contributed by atoms with Crippen molar-refractivity contribution in [2.75, 3.05) is 11.5 Å². The summed E-state index contributed by atoms with van der Waals surface area (Å²) in [5.74, 6) is 0.455. The zero-order valence-corrected chi connectivity index (χ0v) is 16.5. The summed E-state index contributed by atoms with van der Waals surface area (Å²) in [6, 6.07) is 16.7. The molecule has 1 saturated heterocycles. The minimum atomic E-state index is -1.05. The number of nitrogens with zero attached hydrogens (tertiary/aromatic N) is 1. The third kappa shape index (κ3) is 2.78. The highest BCUT2D eigenvalue weighted by Crippen LogP contribution is 2.54. The molecule has 0 spiro atoms. The molecule has 0 aliphatic carbocycles. The Balaban J connectivity index is 1.74. The SMILES string of the molecule is CCOC(=O)[C@]12CC[C@H](c3ccc(C(C)(C)C)cc3)N1c1ccccc1O2. The van der Waals surface area contributed by atoms with Crippen LogP contribution >= 0.6 is 0 Å². The fourth-order valence-electron chi connectivity index (χ4n) is 4.23. The van der Waals surface area contributed by atoms with Crippen LogP contribution < -0.4 is 9.64 Å². The summed E-state index contributed by atoms with van der Waals surface area (Å²) >= 11 is 0. The van der Waals surface area contributed by atoms with Crippen LogP contribution in [0.15, 0.2) is 48.5 Å². The molecule has 2 aromatic carbocycles. The van der Waals surface area contributed by atoms with Gasteiger partial charge in [-0.1, -0.05) is 57.2 Å². The van der Waals surface area contributed by atoms with Gasteiger partial charge in [-0.15, -0.1) is 0 Å². The third-order valence-corrected chi connectivity index (χ3v) is 5.62. The molecule has 0 aromatic heterocycles. The van der Waals surface area contributed by atoms with Crippen LogP contribution in [0.25, 0.3) is 0 Å². The van der Waals surface area contributed by atoms with E-state index in [9.17, 15) is 4.79 Å². The lowest BCUT2D eigenvalue weighted by Crippen LogP contribution is -2.53. The molecule has 4 rings (SSSR count). The second-order valence-electron chi connectivity index (χ2n) is 8.37. The molecular formula is C23H27NO3. The quantitative estimate of drug-likeness (QED) is 0.719. The Morgan fingerprint density at radius 1 is 1.19 bits per heavy atom. The second kappa shape index (κ2) is 6.29. The molecule has 0 N–H and O–H groups in total. The molecule has 0 amide bonds. The number of esters is 1. The van der Waals surface area contributed by atoms with Gasteiger partial charge in [-0.25, -0.2) is 4.79 Å². The fourth-order valence-corrected chi connectivity index (χ4v) is 4.23.